The summed E-state index contributed by atoms with van der Waals surface area (Å²) in [5, 5.41) is 0. The molecule has 1 aliphatic heterocycles. The van der Waals surface area contributed by atoms with Gasteiger partial charge in [-0.2, -0.15) is 0 Å². The molecule has 3 heterocycles. The zero-order chi connectivity index (χ0) is 12.4. The van der Waals surface area contributed by atoms with Crippen LogP contribution >= 0.6 is 0 Å². The van der Waals surface area contributed by atoms with Crippen molar-refractivity contribution in [2.45, 2.75) is 19.4 Å². The number of hydrogen-bond acceptors (Lipinski definition) is 3. The van der Waals surface area contributed by atoms with Crippen LogP contribution in [0.5, 0.6) is 0 Å². The van der Waals surface area contributed by atoms with E-state index in [1.165, 1.54) is 0 Å². The van der Waals surface area contributed by atoms with Crippen LogP contribution in [0.25, 0.3) is 0 Å². The number of carbonyl (C=O) groups excluding carboxylic acids is 1. The molecule has 0 aliphatic carbocycles. The normalized spacial score (nSPS) is 14.3. The van der Waals surface area contributed by atoms with Gasteiger partial charge in [0.05, 0.1) is 30.7 Å². The van der Waals surface area contributed by atoms with E-state index in [1.807, 2.05) is 23.1 Å². The fourth-order valence-corrected chi connectivity index (χ4v) is 2.19. The minimum Gasteiger partial charge on any atom is -0.347 e. The molecular weight excluding hydrogens is 228 g/mol. The topological polar surface area (TPSA) is 61.9 Å². The third kappa shape index (κ3) is 2.11. The molecule has 0 saturated carbocycles. The van der Waals surface area contributed by atoms with Gasteiger partial charge in [0.15, 0.2) is 0 Å². The number of pyridine rings is 1. The van der Waals surface area contributed by atoms with Crippen molar-refractivity contribution >= 4 is 5.91 Å². The highest BCUT2D eigenvalue weighted by Gasteiger charge is 2.22. The molecule has 2 aromatic rings. The Morgan fingerprint density at radius 3 is 3.17 bits per heavy atom. The van der Waals surface area contributed by atoms with Gasteiger partial charge in [0.25, 0.3) is 0 Å². The summed E-state index contributed by atoms with van der Waals surface area (Å²) in [6.45, 7) is 1.37. The quantitative estimate of drug-likeness (QED) is 0.852. The number of imidazole rings is 1. The standard InChI is InChI=1S/C13H14N4O/c18-13(7-10-3-1-2-5-14-10)17-6-4-11-12(8-17)16-9-15-11/h1-3,5,9H,4,6-8H2,(H,15,16). The van der Waals surface area contributed by atoms with Gasteiger partial charge in [-0.1, -0.05) is 6.07 Å². The molecule has 18 heavy (non-hydrogen) atoms. The third-order valence-electron chi connectivity index (χ3n) is 3.19. The lowest BCUT2D eigenvalue weighted by Crippen LogP contribution is -2.37. The summed E-state index contributed by atoms with van der Waals surface area (Å²) in [4.78, 5) is 25.5. The monoisotopic (exact) mass is 242 g/mol. The van der Waals surface area contributed by atoms with Crippen molar-refractivity contribution in [1.29, 1.82) is 0 Å². The van der Waals surface area contributed by atoms with Crippen molar-refractivity contribution in [1.82, 2.24) is 19.9 Å². The van der Waals surface area contributed by atoms with Crippen LogP contribution in [0.1, 0.15) is 17.1 Å². The number of aromatic nitrogens is 3. The lowest BCUT2D eigenvalue weighted by molar-refractivity contribution is -0.131. The zero-order valence-corrected chi connectivity index (χ0v) is 9.97. The van der Waals surface area contributed by atoms with E-state index < -0.39 is 0 Å². The predicted octanol–water partition coefficient (Wildman–Crippen LogP) is 0.932. The van der Waals surface area contributed by atoms with E-state index >= 15 is 0 Å². The minimum absolute atomic E-state index is 0.119. The lowest BCUT2D eigenvalue weighted by Gasteiger charge is -2.26. The van der Waals surface area contributed by atoms with Crippen molar-refractivity contribution in [3.05, 3.63) is 47.8 Å². The van der Waals surface area contributed by atoms with Crippen LogP contribution in [-0.4, -0.2) is 32.3 Å². The molecule has 0 fully saturated rings. The summed E-state index contributed by atoms with van der Waals surface area (Å²) in [6.07, 6.45) is 4.60. The Balaban J connectivity index is 1.68. The van der Waals surface area contributed by atoms with Crippen LogP contribution < -0.4 is 0 Å². The number of hydrogen-bond donors (Lipinski definition) is 1. The molecule has 0 bridgehead atoms. The number of fused-ring (bicyclic) bond motifs is 1. The van der Waals surface area contributed by atoms with Gasteiger partial charge in [0.1, 0.15) is 0 Å². The Morgan fingerprint density at radius 1 is 1.39 bits per heavy atom. The van der Waals surface area contributed by atoms with E-state index in [0.29, 0.717) is 13.0 Å². The van der Waals surface area contributed by atoms with E-state index in [4.69, 9.17) is 0 Å². The molecule has 5 heteroatoms. The number of rotatable bonds is 2. The highest BCUT2D eigenvalue weighted by Crippen LogP contribution is 2.15. The van der Waals surface area contributed by atoms with Gasteiger partial charge < -0.3 is 9.88 Å². The maximum absolute atomic E-state index is 12.2. The SMILES string of the molecule is O=C(Cc1ccccn1)N1CCc2nc[nH]c2C1. The summed E-state index contributed by atoms with van der Waals surface area (Å²) >= 11 is 0. The van der Waals surface area contributed by atoms with Crippen molar-refractivity contribution in [3.8, 4) is 0 Å². The first-order valence-corrected chi connectivity index (χ1v) is 6.02. The van der Waals surface area contributed by atoms with Gasteiger partial charge in [-0.25, -0.2) is 4.98 Å². The number of nitrogens with zero attached hydrogens (tertiary/aromatic N) is 3. The lowest BCUT2D eigenvalue weighted by atomic mass is 10.1. The molecule has 1 N–H and O–H groups in total. The molecule has 0 aromatic carbocycles. The van der Waals surface area contributed by atoms with Crippen LogP contribution in [0.15, 0.2) is 30.7 Å². The van der Waals surface area contributed by atoms with E-state index in [9.17, 15) is 4.79 Å². The summed E-state index contributed by atoms with van der Waals surface area (Å²) in [6, 6.07) is 5.63. The fraction of sp³-hybridized carbons (Fsp3) is 0.308. The van der Waals surface area contributed by atoms with Gasteiger partial charge in [0, 0.05) is 24.9 Å². The number of H-pyrrole nitrogens is 1. The second-order valence-electron chi connectivity index (χ2n) is 4.39. The predicted molar refractivity (Wildman–Crippen MR) is 65.6 cm³/mol. The Kier molecular flexibility index (Phi) is 2.80. The zero-order valence-electron chi connectivity index (χ0n) is 9.97. The van der Waals surface area contributed by atoms with Crippen molar-refractivity contribution < 1.29 is 4.79 Å². The molecule has 0 atom stereocenters. The fourth-order valence-electron chi connectivity index (χ4n) is 2.19. The number of amides is 1. The van der Waals surface area contributed by atoms with Crippen LogP contribution in [0.2, 0.25) is 0 Å². The van der Waals surface area contributed by atoms with Crippen molar-refractivity contribution in [2.24, 2.45) is 0 Å². The Morgan fingerprint density at radius 2 is 2.33 bits per heavy atom. The van der Waals surface area contributed by atoms with E-state index in [1.54, 1.807) is 12.5 Å². The van der Waals surface area contributed by atoms with Gasteiger partial charge in [-0.3, -0.25) is 9.78 Å². The van der Waals surface area contributed by atoms with Crippen molar-refractivity contribution in [2.75, 3.05) is 6.54 Å². The molecule has 1 amide bonds. The van der Waals surface area contributed by atoms with E-state index in [2.05, 4.69) is 15.0 Å². The van der Waals surface area contributed by atoms with E-state index in [-0.39, 0.29) is 5.91 Å². The maximum Gasteiger partial charge on any atom is 0.228 e. The first-order valence-electron chi connectivity index (χ1n) is 6.02. The summed E-state index contributed by atoms with van der Waals surface area (Å²) < 4.78 is 0. The molecular formula is C13H14N4O. The molecule has 1 aliphatic rings. The summed E-state index contributed by atoms with van der Waals surface area (Å²) in [7, 11) is 0. The molecule has 0 unspecified atom stereocenters. The van der Waals surface area contributed by atoms with Gasteiger partial charge >= 0.3 is 0 Å². The smallest absolute Gasteiger partial charge is 0.228 e. The molecule has 5 nitrogen and oxygen atoms in total. The van der Waals surface area contributed by atoms with Crippen molar-refractivity contribution in [3.63, 3.8) is 0 Å². The summed E-state index contributed by atoms with van der Waals surface area (Å²) in [5.74, 6) is 0.119. The second-order valence-corrected chi connectivity index (χ2v) is 4.39. The highest BCUT2D eigenvalue weighted by molar-refractivity contribution is 5.78. The first kappa shape index (κ1) is 11.0. The number of nitrogens with one attached hydrogen (secondary N) is 1. The molecule has 2 aromatic heterocycles. The molecule has 0 radical (unpaired) electrons. The third-order valence-corrected chi connectivity index (χ3v) is 3.19. The largest absolute Gasteiger partial charge is 0.347 e. The van der Waals surface area contributed by atoms with Crippen LogP contribution in [0, 0.1) is 0 Å². The van der Waals surface area contributed by atoms with Gasteiger partial charge in [0.2, 0.25) is 5.91 Å². The van der Waals surface area contributed by atoms with Crippen LogP contribution in [0.3, 0.4) is 0 Å². The van der Waals surface area contributed by atoms with Crippen LogP contribution in [-0.2, 0) is 24.2 Å². The Labute approximate surface area is 105 Å². The number of aromatic amines is 1. The Bertz CT molecular complexity index is 549. The average Bonchev–Trinajstić information content (AvgIpc) is 2.87. The van der Waals surface area contributed by atoms with Gasteiger partial charge in [-0.15, -0.1) is 0 Å². The minimum atomic E-state index is 0.119. The maximum atomic E-state index is 12.2. The molecule has 0 spiro atoms. The molecule has 3 rings (SSSR count). The van der Waals surface area contributed by atoms with E-state index in [0.717, 1.165) is 30.0 Å². The average molecular weight is 242 g/mol. The first-order chi connectivity index (χ1) is 8.83. The Hall–Kier alpha value is -2.17. The van der Waals surface area contributed by atoms with Gasteiger partial charge in [-0.05, 0) is 12.1 Å². The second kappa shape index (κ2) is 4.60. The highest BCUT2D eigenvalue weighted by atomic mass is 16.2. The number of carbonyl (C=O) groups is 1. The van der Waals surface area contributed by atoms with Crippen LogP contribution in [0.4, 0.5) is 0 Å². The molecule has 0 saturated heterocycles. The summed E-state index contributed by atoms with van der Waals surface area (Å²) in [5.41, 5.74) is 2.95. The molecule has 92 valence electrons.